The Balaban J connectivity index is 1.48. The largest absolute Gasteiger partial charge is 0.478 e. The van der Waals surface area contributed by atoms with Crippen LogP contribution in [0.4, 0.5) is 10.5 Å². The van der Waals surface area contributed by atoms with Crippen LogP contribution in [0.2, 0.25) is 0 Å². The molecule has 166 valence electrons. The van der Waals surface area contributed by atoms with Crippen LogP contribution in [0.1, 0.15) is 16.1 Å². The van der Waals surface area contributed by atoms with Crippen LogP contribution in [0.3, 0.4) is 0 Å². The van der Waals surface area contributed by atoms with Crippen molar-refractivity contribution in [2.75, 3.05) is 11.9 Å². The third-order valence-electron chi connectivity index (χ3n) is 4.63. The third-order valence-corrected chi connectivity index (χ3v) is 6.25. The maximum atomic E-state index is 12.7. The van der Waals surface area contributed by atoms with Gasteiger partial charge in [-0.25, -0.2) is 4.79 Å². The molecule has 4 rings (SSSR count). The van der Waals surface area contributed by atoms with E-state index in [4.69, 9.17) is 4.42 Å². The molecule has 1 fully saturated rings. The Kier molecular flexibility index (Phi) is 6.65. The Bertz CT molecular complexity index is 1300. The van der Waals surface area contributed by atoms with E-state index in [2.05, 4.69) is 27.9 Å². The molecule has 1 aliphatic heterocycles. The SMILES string of the molecule is O=C(CN1C(=O)S/C(=C\c2ccc(-c3ccccc3C(=O)O)o2)C1=O)Nc1ccc(I)cc1. The summed E-state index contributed by atoms with van der Waals surface area (Å²) in [5.74, 6) is -1.60. The van der Waals surface area contributed by atoms with E-state index < -0.39 is 29.6 Å². The van der Waals surface area contributed by atoms with Crippen molar-refractivity contribution in [2.24, 2.45) is 0 Å². The summed E-state index contributed by atoms with van der Waals surface area (Å²) < 4.78 is 6.70. The average Bonchev–Trinajstić information content (AvgIpc) is 3.35. The summed E-state index contributed by atoms with van der Waals surface area (Å²) in [5, 5.41) is 11.4. The van der Waals surface area contributed by atoms with Crippen molar-refractivity contribution in [1.82, 2.24) is 4.90 Å². The predicted octanol–water partition coefficient (Wildman–Crippen LogP) is 4.92. The molecular weight excluding hydrogens is 559 g/mol. The number of rotatable bonds is 6. The van der Waals surface area contributed by atoms with E-state index in [-0.39, 0.29) is 16.2 Å². The van der Waals surface area contributed by atoms with Crippen LogP contribution in [0.25, 0.3) is 17.4 Å². The Labute approximate surface area is 205 Å². The van der Waals surface area contributed by atoms with Gasteiger partial charge in [0.15, 0.2) is 0 Å². The fourth-order valence-electron chi connectivity index (χ4n) is 3.10. The number of aromatic carboxylic acids is 1. The van der Waals surface area contributed by atoms with Crippen LogP contribution < -0.4 is 5.32 Å². The monoisotopic (exact) mass is 574 g/mol. The molecule has 10 heteroatoms. The lowest BCUT2D eigenvalue weighted by Crippen LogP contribution is -2.36. The number of halogens is 1. The van der Waals surface area contributed by atoms with Crippen molar-refractivity contribution < 1.29 is 28.7 Å². The predicted molar refractivity (Wildman–Crippen MR) is 132 cm³/mol. The molecule has 33 heavy (non-hydrogen) atoms. The number of hydrogen-bond acceptors (Lipinski definition) is 6. The van der Waals surface area contributed by atoms with Gasteiger partial charge in [0.2, 0.25) is 5.91 Å². The van der Waals surface area contributed by atoms with E-state index in [0.29, 0.717) is 28.8 Å². The van der Waals surface area contributed by atoms with Crippen LogP contribution in [0, 0.1) is 3.57 Å². The molecule has 0 spiro atoms. The molecular formula is C23H15IN2O6S. The molecule has 2 heterocycles. The van der Waals surface area contributed by atoms with Gasteiger partial charge >= 0.3 is 5.97 Å². The van der Waals surface area contributed by atoms with Gasteiger partial charge in [-0.05, 0) is 76.8 Å². The highest BCUT2D eigenvalue weighted by molar-refractivity contribution is 14.1. The number of carbonyl (C=O) groups excluding carboxylic acids is 3. The van der Waals surface area contributed by atoms with Crippen molar-refractivity contribution >= 4 is 69.1 Å². The molecule has 3 amide bonds. The van der Waals surface area contributed by atoms with Gasteiger partial charge in [0.05, 0.1) is 10.5 Å². The standard InChI is InChI=1S/C23H15IN2O6S/c24-13-5-7-14(8-6-13)25-20(27)12-26-21(28)19(33-23(26)31)11-15-9-10-18(32-15)16-3-1-2-4-17(16)22(29)30/h1-11H,12H2,(H,25,27)(H,29,30)/b19-11-. The zero-order chi connectivity index (χ0) is 23.5. The molecule has 0 bridgehead atoms. The van der Waals surface area contributed by atoms with E-state index in [1.54, 1.807) is 42.5 Å². The summed E-state index contributed by atoms with van der Waals surface area (Å²) in [5.41, 5.74) is 1.04. The number of nitrogens with one attached hydrogen (secondary N) is 1. The molecule has 3 aromatic rings. The van der Waals surface area contributed by atoms with Crippen LogP contribution in [-0.4, -0.2) is 39.6 Å². The minimum atomic E-state index is -1.09. The second-order valence-corrected chi connectivity index (χ2v) is 9.11. The number of amides is 3. The van der Waals surface area contributed by atoms with Crippen molar-refractivity contribution in [3.8, 4) is 11.3 Å². The van der Waals surface area contributed by atoms with Gasteiger partial charge in [0.25, 0.3) is 11.1 Å². The third kappa shape index (κ3) is 5.17. The van der Waals surface area contributed by atoms with Gasteiger partial charge in [0, 0.05) is 20.9 Å². The highest BCUT2D eigenvalue weighted by atomic mass is 127. The van der Waals surface area contributed by atoms with Gasteiger partial charge in [-0.2, -0.15) is 0 Å². The highest BCUT2D eigenvalue weighted by Gasteiger charge is 2.36. The van der Waals surface area contributed by atoms with Gasteiger partial charge in [-0.1, -0.05) is 18.2 Å². The first-order valence-corrected chi connectivity index (χ1v) is 11.4. The second-order valence-electron chi connectivity index (χ2n) is 6.88. The van der Waals surface area contributed by atoms with Crippen molar-refractivity contribution in [3.05, 3.63) is 80.5 Å². The summed E-state index contributed by atoms with van der Waals surface area (Å²) in [6.07, 6.45) is 1.40. The fourth-order valence-corrected chi connectivity index (χ4v) is 4.28. The molecule has 1 aliphatic rings. The maximum Gasteiger partial charge on any atom is 0.336 e. The molecule has 0 radical (unpaired) electrons. The molecule has 0 aliphatic carbocycles. The summed E-state index contributed by atoms with van der Waals surface area (Å²) >= 11 is 2.85. The number of carbonyl (C=O) groups is 4. The molecule has 1 saturated heterocycles. The molecule has 2 N–H and O–H groups in total. The minimum absolute atomic E-state index is 0.0814. The van der Waals surface area contributed by atoms with E-state index in [9.17, 15) is 24.3 Å². The van der Waals surface area contributed by atoms with Gasteiger partial charge in [-0.3, -0.25) is 19.3 Å². The van der Waals surface area contributed by atoms with Gasteiger partial charge < -0.3 is 14.8 Å². The number of carboxylic acid groups (broad SMARTS) is 1. The molecule has 0 atom stereocenters. The summed E-state index contributed by atoms with van der Waals surface area (Å²) in [4.78, 5) is 49.7. The molecule has 0 unspecified atom stereocenters. The van der Waals surface area contributed by atoms with Crippen molar-refractivity contribution in [3.63, 3.8) is 0 Å². The Morgan fingerprint density at radius 2 is 1.79 bits per heavy atom. The van der Waals surface area contributed by atoms with Crippen molar-refractivity contribution in [2.45, 2.75) is 0 Å². The maximum absolute atomic E-state index is 12.7. The summed E-state index contributed by atoms with van der Waals surface area (Å²) in [6, 6.07) is 16.7. The van der Waals surface area contributed by atoms with Crippen LogP contribution in [0.5, 0.6) is 0 Å². The summed E-state index contributed by atoms with van der Waals surface area (Å²) in [7, 11) is 0. The molecule has 0 saturated carbocycles. The normalized spacial score (nSPS) is 14.7. The zero-order valence-corrected chi connectivity index (χ0v) is 19.8. The fraction of sp³-hybridized carbons (Fsp3) is 0.0435. The lowest BCUT2D eigenvalue weighted by atomic mass is 10.1. The number of benzene rings is 2. The molecule has 8 nitrogen and oxygen atoms in total. The van der Waals surface area contributed by atoms with Crippen LogP contribution in [-0.2, 0) is 9.59 Å². The first-order valence-electron chi connectivity index (χ1n) is 9.55. The number of carboxylic acids is 1. The number of thioether (sulfide) groups is 1. The number of nitrogens with zero attached hydrogens (tertiary/aromatic N) is 1. The Morgan fingerprint density at radius 3 is 2.52 bits per heavy atom. The minimum Gasteiger partial charge on any atom is -0.478 e. The van der Waals surface area contributed by atoms with Crippen LogP contribution in [0.15, 0.2) is 70.0 Å². The summed E-state index contributed by atoms with van der Waals surface area (Å²) in [6.45, 7) is -0.413. The lowest BCUT2D eigenvalue weighted by molar-refractivity contribution is -0.127. The van der Waals surface area contributed by atoms with Crippen LogP contribution >= 0.6 is 34.4 Å². The number of anilines is 1. The van der Waals surface area contributed by atoms with E-state index in [1.807, 2.05) is 12.1 Å². The lowest BCUT2D eigenvalue weighted by Gasteiger charge is -2.12. The smallest absolute Gasteiger partial charge is 0.336 e. The zero-order valence-electron chi connectivity index (χ0n) is 16.8. The highest BCUT2D eigenvalue weighted by Crippen LogP contribution is 2.33. The van der Waals surface area contributed by atoms with Crippen molar-refractivity contribution in [1.29, 1.82) is 0 Å². The van der Waals surface area contributed by atoms with E-state index in [1.165, 1.54) is 12.1 Å². The van der Waals surface area contributed by atoms with Gasteiger partial charge in [-0.15, -0.1) is 0 Å². The molecule has 2 aromatic carbocycles. The molecule has 1 aromatic heterocycles. The van der Waals surface area contributed by atoms with E-state index >= 15 is 0 Å². The Morgan fingerprint density at radius 1 is 1.06 bits per heavy atom. The number of hydrogen-bond donors (Lipinski definition) is 2. The number of furan rings is 1. The Hall–Kier alpha value is -3.38. The van der Waals surface area contributed by atoms with Gasteiger partial charge in [0.1, 0.15) is 18.1 Å². The average molecular weight is 574 g/mol. The first kappa shape index (κ1) is 22.8. The topological polar surface area (TPSA) is 117 Å². The van der Waals surface area contributed by atoms with E-state index in [0.717, 1.165) is 8.47 Å². The first-order chi connectivity index (χ1) is 15.8. The quantitative estimate of drug-likeness (QED) is 0.317. The second kappa shape index (κ2) is 9.63. The number of imide groups is 1.